The first-order chi connectivity index (χ1) is 12.6. The number of fused-ring (bicyclic) bond motifs is 1. The molecule has 0 saturated heterocycles. The molecule has 130 valence electrons. The molecule has 0 bridgehead atoms. The summed E-state index contributed by atoms with van der Waals surface area (Å²) in [4.78, 5) is 20.7. The molecule has 0 aliphatic heterocycles. The Balaban J connectivity index is 1.67. The number of nitrogens with one attached hydrogen (secondary N) is 1. The monoisotopic (exact) mass is 401 g/mol. The summed E-state index contributed by atoms with van der Waals surface area (Å²) in [5.74, 6) is 0.951. The van der Waals surface area contributed by atoms with Crippen LogP contribution in [0.1, 0.15) is 5.82 Å². The van der Waals surface area contributed by atoms with Gasteiger partial charge in [-0.05, 0) is 35.5 Å². The van der Waals surface area contributed by atoms with Gasteiger partial charge in [0.25, 0.3) is 10.6 Å². The predicted octanol–water partition coefficient (Wildman–Crippen LogP) is 4.23. The van der Waals surface area contributed by atoms with E-state index in [1.165, 1.54) is 29.3 Å². The van der Waals surface area contributed by atoms with Crippen molar-refractivity contribution < 1.29 is 4.73 Å². The van der Waals surface area contributed by atoms with Gasteiger partial charge in [0.05, 0.1) is 11.1 Å². The highest BCUT2D eigenvalue weighted by Gasteiger charge is 2.14. The predicted molar refractivity (Wildman–Crippen MR) is 106 cm³/mol. The van der Waals surface area contributed by atoms with Crippen molar-refractivity contribution in [1.82, 2.24) is 9.97 Å². The first-order valence-corrected chi connectivity index (χ1v) is 9.93. The van der Waals surface area contributed by atoms with Gasteiger partial charge in [0.15, 0.2) is 6.20 Å². The molecule has 0 fully saturated rings. The van der Waals surface area contributed by atoms with Crippen LogP contribution in [0.25, 0.3) is 21.3 Å². The van der Waals surface area contributed by atoms with Crippen LogP contribution in [-0.2, 0) is 5.75 Å². The van der Waals surface area contributed by atoms with Crippen LogP contribution >= 0.6 is 34.7 Å². The van der Waals surface area contributed by atoms with Crippen LogP contribution in [0.2, 0.25) is 5.02 Å². The van der Waals surface area contributed by atoms with Crippen LogP contribution in [0.5, 0.6) is 0 Å². The van der Waals surface area contributed by atoms with Crippen LogP contribution in [0.3, 0.4) is 0 Å². The highest BCUT2D eigenvalue weighted by atomic mass is 35.5. The average molecular weight is 402 g/mol. The standard InChI is InChI=1S/C18H12ClN3O2S2/c19-12-6-4-11(5-7-12)13-9-26-18-16(13)17(23)20-14(21-18)10-25-15-3-1-2-8-22(15)24/h1-9H,10H2,(H,20,21,23). The van der Waals surface area contributed by atoms with E-state index in [1.54, 1.807) is 30.3 Å². The van der Waals surface area contributed by atoms with Crippen molar-refractivity contribution in [3.63, 3.8) is 0 Å². The molecule has 8 heteroatoms. The summed E-state index contributed by atoms with van der Waals surface area (Å²) in [6.45, 7) is 0. The van der Waals surface area contributed by atoms with Crippen LogP contribution in [0.15, 0.2) is 63.9 Å². The molecular formula is C18H12ClN3O2S2. The maximum absolute atomic E-state index is 12.6. The van der Waals surface area contributed by atoms with Gasteiger partial charge in [0, 0.05) is 28.1 Å². The van der Waals surface area contributed by atoms with Crippen molar-refractivity contribution in [2.75, 3.05) is 0 Å². The summed E-state index contributed by atoms with van der Waals surface area (Å²) in [5, 5.41) is 15.4. The number of hydrogen-bond donors (Lipinski definition) is 1. The zero-order chi connectivity index (χ0) is 18.1. The lowest BCUT2D eigenvalue weighted by molar-refractivity contribution is -0.645. The number of aromatic amines is 1. The van der Waals surface area contributed by atoms with E-state index in [0.29, 0.717) is 31.8 Å². The molecule has 0 atom stereocenters. The van der Waals surface area contributed by atoms with Crippen molar-refractivity contribution in [2.45, 2.75) is 10.8 Å². The minimum absolute atomic E-state index is 0.181. The van der Waals surface area contributed by atoms with Gasteiger partial charge in [-0.1, -0.05) is 23.7 Å². The highest BCUT2D eigenvalue weighted by Crippen LogP contribution is 2.31. The Labute approximate surface area is 161 Å². The zero-order valence-electron chi connectivity index (χ0n) is 13.3. The number of H-pyrrole nitrogens is 1. The first kappa shape index (κ1) is 17.1. The van der Waals surface area contributed by atoms with E-state index in [0.717, 1.165) is 15.9 Å². The molecule has 4 rings (SSSR count). The SMILES string of the molecule is O=c1[nH]c(CSc2cccc[n+]2[O-])nc2scc(-c3ccc(Cl)cc3)c12. The average Bonchev–Trinajstić information content (AvgIpc) is 3.06. The Hall–Kier alpha value is -2.35. The van der Waals surface area contributed by atoms with Crippen LogP contribution < -0.4 is 10.3 Å². The van der Waals surface area contributed by atoms with Crippen LogP contribution in [-0.4, -0.2) is 9.97 Å². The number of rotatable bonds is 4. The van der Waals surface area contributed by atoms with Crippen LogP contribution in [0, 0.1) is 5.21 Å². The van der Waals surface area contributed by atoms with Gasteiger partial charge in [-0.15, -0.1) is 11.3 Å². The number of hydrogen-bond acceptors (Lipinski definition) is 5. The number of aromatic nitrogens is 3. The normalized spacial score (nSPS) is 11.1. The summed E-state index contributed by atoms with van der Waals surface area (Å²) in [6, 6.07) is 12.6. The molecule has 0 radical (unpaired) electrons. The van der Waals surface area contributed by atoms with E-state index in [-0.39, 0.29) is 5.56 Å². The molecule has 0 aliphatic rings. The van der Waals surface area contributed by atoms with E-state index in [1.807, 2.05) is 17.5 Å². The second kappa shape index (κ2) is 7.11. The number of thioether (sulfide) groups is 1. The van der Waals surface area contributed by atoms with E-state index in [2.05, 4.69) is 9.97 Å². The van der Waals surface area contributed by atoms with E-state index >= 15 is 0 Å². The number of nitrogens with zero attached hydrogens (tertiary/aromatic N) is 2. The van der Waals surface area contributed by atoms with Crippen molar-refractivity contribution in [3.05, 3.63) is 80.4 Å². The van der Waals surface area contributed by atoms with Crippen molar-refractivity contribution in [2.24, 2.45) is 0 Å². The maximum atomic E-state index is 12.6. The van der Waals surface area contributed by atoms with Crippen molar-refractivity contribution in [1.29, 1.82) is 0 Å². The van der Waals surface area contributed by atoms with Gasteiger partial charge < -0.3 is 10.2 Å². The maximum Gasteiger partial charge on any atom is 0.260 e. The summed E-state index contributed by atoms with van der Waals surface area (Å²) in [6.07, 6.45) is 1.44. The van der Waals surface area contributed by atoms with E-state index < -0.39 is 0 Å². The molecule has 3 heterocycles. The lowest BCUT2D eigenvalue weighted by atomic mass is 10.1. The third-order valence-electron chi connectivity index (χ3n) is 3.79. The minimum Gasteiger partial charge on any atom is -0.618 e. The Bertz CT molecular complexity index is 1140. The third kappa shape index (κ3) is 3.33. The largest absolute Gasteiger partial charge is 0.618 e. The van der Waals surface area contributed by atoms with Gasteiger partial charge in [0.2, 0.25) is 0 Å². The zero-order valence-corrected chi connectivity index (χ0v) is 15.7. The molecule has 0 aliphatic carbocycles. The fourth-order valence-electron chi connectivity index (χ4n) is 2.57. The van der Waals surface area contributed by atoms with Crippen LogP contribution in [0.4, 0.5) is 0 Å². The number of pyridine rings is 1. The quantitative estimate of drug-likeness (QED) is 0.315. The fraction of sp³-hybridized carbons (Fsp3) is 0.0556. The number of benzene rings is 1. The molecule has 4 aromatic rings. The Kier molecular flexibility index (Phi) is 4.67. The second-order valence-electron chi connectivity index (χ2n) is 5.50. The Morgan fingerprint density at radius 1 is 1.23 bits per heavy atom. The molecule has 0 amide bonds. The molecule has 0 saturated carbocycles. The molecular weight excluding hydrogens is 390 g/mol. The van der Waals surface area contributed by atoms with Gasteiger partial charge >= 0.3 is 0 Å². The number of thiophene rings is 1. The third-order valence-corrected chi connectivity index (χ3v) is 5.95. The molecule has 1 N–H and O–H groups in total. The van der Waals surface area contributed by atoms with Gasteiger partial charge in [-0.2, -0.15) is 4.73 Å². The highest BCUT2D eigenvalue weighted by molar-refractivity contribution is 7.98. The van der Waals surface area contributed by atoms with Gasteiger partial charge in [-0.25, -0.2) is 4.98 Å². The molecule has 5 nitrogen and oxygen atoms in total. The molecule has 0 unspecified atom stereocenters. The lowest BCUT2D eigenvalue weighted by Gasteiger charge is -2.04. The molecule has 1 aromatic carbocycles. The molecule has 26 heavy (non-hydrogen) atoms. The topological polar surface area (TPSA) is 72.7 Å². The van der Waals surface area contributed by atoms with Gasteiger partial charge in [0.1, 0.15) is 10.7 Å². The fourth-order valence-corrected chi connectivity index (χ4v) is 4.45. The smallest absolute Gasteiger partial charge is 0.260 e. The first-order valence-electron chi connectivity index (χ1n) is 7.69. The summed E-state index contributed by atoms with van der Waals surface area (Å²) < 4.78 is 0.797. The summed E-state index contributed by atoms with van der Waals surface area (Å²) >= 11 is 8.69. The minimum atomic E-state index is -0.181. The van der Waals surface area contributed by atoms with Crippen molar-refractivity contribution >= 4 is 44.9 Å². The second-order valence-corrected chi connectivity index (χ2v) is 7.79. The summed E-state index contributed by atoms with van der Waals surface area (Å²) in [7, 11) is 0. The van der Waals surface area contributed by atoms with E-state index in [9.17, 15) is 10.0 Å². The van der Waals surface area contributed by atoms with Crippen molar-refractivity contribution in [3.8, 4) is 11.1 Å². The van der Waals surface area contributed by atoms with E-state index in [4.69, 9.17) is 11.6 Å². The lowest BCUT2D eigenvalue weighted by Crippen LogP contribution is -2.27. The Morgan fingerprint density at radius 2 is 2.04 bits per heavy atom. The number of halogens is 1. The Morgan fingerprint density at radius 3 is 2.81 bits per heavy atom. The van der Waals surface area contributed by atoms with Gasteiger partial charge in [-0.3, -0.25) is 4.79 Å². The summed E-state index contributed by atoms with van der Waals surface area (Å²) in [5.41, 5.74) is 1.58. The molecule has 0 spiro atoms. The molecule has 3 aromatic heterocycles.